The van der Waals surface area contributed by atoms with Gasteiger partial charge in [0.1, 0.15) is 0 Å². The quantitative estimate of drug-likeness (QED) is 0.516. The van der Waals surface area contributed by atoms with Crippen molar-refractivity contribution in [2.24, 2.45) is 0 Å². The van der Waals surface area contributed by atoms with Gasteiger partial charge in [0.2, 0.25) is 8.32 Å². The zero-order chi connectivity index (χ0) is 16.4. The zero-order valence-electron chi connectivity index (χ0n) is 14.4. The Morgan fingerprint density at radius 3 is 1.70 bits per heavy atom. The van der Waals surface area contributed by atoms with Crippen molar-refractivity contribution < 1.29 is 22.6 Å². The molecule has 0 unspecified atom stereocenters. The lowest BCUT2D eigenvalue weighted by Gasteiger charge is -2.43. The Balaban J connectivity index is 4.91. The van der Waals surface area contributed by atoms with Crippen molar-refractivity contribution in [1.82, 2.24) is 0 Å². The molecule has 0 aliphatic rings. The summed E-state index contributed by atoms with van der Waals surface area (Å²) in [5.41, 5.74) is -1.74. The van der Waals surface area contributed by atoms with E-state index in [0.29, 0.717) is 0 Å². The first kappa shape index (κ1) is 20.7. The number of hydrogen-bond donors (Lipinski definition) is 2. The minimum absolute atomic E-state index is 0.257. The molecule has 0 radical (unpaired) electrons. The van der Waals surface area contributed by atoms with Gasteiger partial charge in [-0.2, -0.15) is 0 Å². The monoisotopic (exact) mass is 356 g/mol. The van der Waals surface area contributed by atoms with E-state index in [-0.39, 0.29) is 6.42 Å². The molecule has 0 aliphatic heterocycles. The van der Waals surface area contributed by atoms with Crippen LogP contribution >= 0.6 is 0 Å². The van der Waals surface area contributed by atoms with E-state index in [1.165, 1.54) is 0 Å². The smallest absolute Gasteiger partial charge is 0.312 e. The van der Waals surface area contributed by atoms with E-state index in [4.69, 9.17) is 12.3 Å². The van der Waals surface area contributed by atoms with Crippen LogP contribution < -0.4 is 0 Å². The number of aliphatic hydroxyl groups is 2. The molecule has 0 heterocycles. The fourth-order valence-electron chi connectivity index (χ4n) is 2.33. The second kappa shape index (κ2) is 6.83. The molecule has 0 atom stereocenters. The van der Waals surface area contributed by atoms with Crippen molar-refractivity contribution in [3.8, 4) is 0 Å². The second-order valence-electron chi connectivity index (χ2n) is 6.85. The van der Waals surface area contributed by atoms with Gasteiger partial charge in [-0.15, -0.1) is 0 Å². The Morgan fingerprint density at radius 1 is 0.900 bits per heavy atom. The fraction of sp³-hybridized carbons (Fsp3) is 1.00. The van der Waals surface area contributed by atoms with Gasteiger partial charge in [-0.25, -0.2) is 0 Å². The van der Waals surface area contributed by atoms with Crippen molar-refractivity contribution in [2.75, 3.05) is 0 Å². The molecule has 0 fully saturated rings. The maximum absolute atomic E-state index is 10.1. The van der Waals surface area contributed by atoms with Crippen LogP contribution in [0, 0.1) is 0 Å². The summed E-state index contributed by atoms with van der Waals surface area (Å²) in [4.78, 5) is 0. The highest BCUT2D eigenvalue weighted by molar-refractivity contribution is 6.88. The molecular formula is C11H32O5Si4. The number of rotatable bonds is 8. The van der Waals surface area contributed by atoms with E-state index in [0.717, 1.165) is 0 Å². The van der Waals surface area contributed by atoms with E-state index in [2.05, 4.69) is 13.1 Å². The van der Waals surface area contributed by atoms with Crippen LogP contribution in [0.4, 0.5) is 0 Å². The average Bonchev–Trinajstić information content (AvgIpc) is 2.10. The van der Waals surface area contributed by atoms with Gasteiger partial charge >= 0.3 is 17.1 Å². The molecule has 0 aromatic rings. The maximum Gasteiger partial charge on any atom is 0.312 e. The fourth-order valence-corrected chi connectivity index (χ4v) is 19.2. The van der Waals surface area contributed by atoms with Crippen LogP contribution in [-0.2, 0) is 12.3 Å². The molecule has 0 spiro atoms. The molecule has 9 heteroatoms. The molecule has 5 nitrogen and oxygen atoms in total. The summed E-state index contributed by atoms with van der Waals surface area (Å²) in [6, 6.07) is 0. The Morgan fingerprint density at radius 2 is 1.35 bits per heavy atom. The van der Waals surface area contributed by atoms with E-state index in [1.54, 1.807) is 6.92 Å². The van der Waals surface area contributed by atoms with Gasteiger partial charge < -0.3 is 22.6 Å². The zero-order valence-corrected chi connectivity index (χ0v) is 18.6. The third kappa shape index (κ3) is 6.62. The van der Waals surface area contributed by atoms with Crippen LogP contribution in [0.15, 0.2) is 0 Å². The third-order valence-corrected chi connectivity index (χ3v) is 17.3. The van der Waals surface area contributed by atoms with Crippen LogP contribution in [0.25, 0.3) is 0 Å². The van der Waals surface area contributed by atoms with Crippen molar-refractivity contribution in [3.63, 3.8) is 0 Å². The molecule has 0 rings (SSSR count). The SMILES string of the molecule is CCC(O)(O)[Si](C)(C)O[Si](C)(C)O[Si](C)(C)O[SiH](C)C. The predicted octanol–water partition coefficient (Wildman–Crippen LogP) is 2.26. The molecule has 0 amide bonds. The molecule has 0 saturated heterocycles. The minimum Gasteiger partial charge on any atom is -0.440 e. The first-order chi connectivity index (χ1) is 8.64. The van der Waals surface area contributed by atoms with Gasteiger partial charge in [0.25, 0.3) is 0 Å². The van der Waals surface area contributed by atoms with Gasteiger partial charge in [0.15, 0.2) is 14.5 Å². The molecule has 122 valence electrons. The van der Waals surface area contributed by atoms with Crippen LogP contribution in [0.2, 0.25) is 52.4 Å². The average molecular weight is 357 g/mol. The topological polar surface area (TPSA) is 68.2 Å². The van der Waals surface area contributed by atoms with Gasteiger partial charge in [-0.05, 0) is 58.8 Å². The van der Waals surface area contributed by atoms with E-state index >= 15 is 0 Å². The Labute approximate surface area is 128 Å². The second-order valence-corrected chi connectivity index (χ2v) is 20.9. The minimum atomic E-state index is -2.68. The van der Waals surface area contributed by atoms with Gasteiger partial charge in [0.05, 0.1) is 0 Å². The summed E-state index contributed by atoms with van der Waals surface area (Å²) in [7, 11) is -8.52. The predicted molar refractivity (Wildman–Crippen MR) is 92.0 cm³/mol. The summed E-state index contributed by atoms with van der Waals surface area (Å²) in [5.74, 6) is 0. The van der Waals surface area contributed by atoms with Crippen molar-refractivity contribution in [1.29, 1.82) is 0 Å². The summed E-state index contributed by atoms with van der Waals surface area (Å²) in [6.45, 7) is 17.6. The lowest BCUT2D eigenvalue weighted by Crippen LogP contribution is -2.63. The lowest BCUT2D eigenvalue weighted by atomic mass is 10.5. The summed E-state index contributed by atoms with van der Waals surface area (Å²) in [5, 5.41) is 20.2. The highest BCUT2D eigenvalue weighted by Crippen LogP contribution is 2.28. The number of hydrogen-bond acceptors (Lipinski definition) is 5. The van der Waals surface area contributed by atoms with Crippen LogP contribution in [0.3, 0.4) is 0 Å². The first-order valence-corrected chi connectivity index (χ1v) is 18.5. The molecule has 0 bridgehead atoms. The van der Waals surface area contributed by atoms with E-state index in [9.17, 15) is 10.2 Å². The van der Waals surface area contributed by atoms with Crippen LogP contribution in [0.5, 0.6) is 0 Å². The van der Waals surface area contributed by atoms with E-state index < -0.39 is 39.9 Å². The van der Waals surface area contributed by atoms with Gasteiger partial charge in [-0.1, -0.05) is 6.92 Å². The molecule has 0 aromatic carbocycles. The van der Waals surface area contributed by atoms with E-state index in [1.807, 2.05) is 39.3 Å². The van der Waals surface area contributed by atoms with Crippen molar-refractivity contribution in [2.45, 2.75) is 71.1 Å². The Hall–Kier alpha value is 0.668. The first-order valence-electron chi connectivity index (χ1n) is 7.17. The maximum atomic E-state index is 10.1. The largest absolute Gasteiger partial charge is 0.440 e. The van der Waals surface area contributed by atoms with Crippen molar-refractivity contribution >= 4 is 34.5 Å². The summed E-state index contributed by atoms with van der Waals surface area (Å²) >= 11 is 0. The van der Waals surface area contributed by atoms with Crippen molar-refractivity contribution in [3.05, 3.63) is 0 Å². The molecule has 2 N–H and O–H groups in total. The summed E-state index contributed by atoms with van der Waals surface area (Å²) < 4.78 is 18.3. The van der Waals surface area contributed by atoms with Crippen LogP contribution in [0.1, 0.15) is 13.3 Å². The molecule has 0 aromatic heterocycles. The molecular weight excluding hydrogens is 324 g/mol. The van der Waals surface area contributed by atoms with Gasteiger partial charge in [0, 0.05) is 0 Å². The van der Waals surface area contributed by atoms with Gasteiger partial charge in [-0.3, -0.25) is 0 Å². The molecule has 0 aliphatic carbocycles. The normalized spacial score (nSPS) is 15.0. The third-order valence-electron chi connectivity index (χ3n) is 2.97. The van der Waals surface area contributed by atoms with Crippen LogP contribution in [-0.4, -0.2) is 50.1 Å². The standard InChI is InChI=1S/C11H32O5Si4/c1-10-11(12,13)18(4,5)15-20(8,9)16-19(6,7)14-17(2)3/h12-13,17H,10H2,1-9H3. The summed E-state index contributed by atoms with van der Waals surface area (Å²) in [6.07, 6.45) is 0.257. The Kier molecular flexibility index (Phi) is 7.06. The Bertz CT molecular complexity index is 318. The molecule has 20 heavy (non-hydrogen) atoms. The molecule has 0 saturated carbocycles. The lowest BCUT2D eigenvalue weighted by molar-refractivity contribution is -0.107. The highest BCUT2D eigenvalue weighted by atomic mass is 28.5. The highest BCUT2D eigenvalue weighted by Gasteiger charge is 2.50.